The normalized spacial score (nSPS) is 9.31. The molecule has 0 fully saturated rings. The van der Waals surface area contributed by atoms with E-state index in [4.69, 9.17) is 5.73 Å². The van der Waals surface area contributed by atoms with Gasteiger partial charge in [0.1, 0.15) is 5.56 Å². The third kappa shape index (κ3) is 3.26. The Morgan fingerprint density at radius 2 is 2.31 bits per heavy atom. The van der Waals surface area contributed by atoms with E-state index in [-0.39, 0.29) is 5.69 Å². The highest BCUT2D eigenvalue weighted by Gasteiger charge is 2.11. The van der Waals surface area contributed by atoms with Gasteiger partial charge < -0.3 is 11.1 Å². The number of nitrogen functional groups attached to an aromatic ring is 1. The zero-order valence-electron chi connectivity index (χ0n) is 8.99. The molecule has 0 heterocycles. The molecule has 5 heteroatoms. The fraction of sp³-hybridized carbons (Fsp3) is 0.273. The summed E-state index contributed by atoms with van der Waals surface area (Å²) in [5.41, 5.74) is 6.38. The Labute approximate surface area is 93.8 Å². The maximum absolute atomic E-state index is 10.7. The van der Waals surface area contributed by atoms with Crippen LogP contribution in [0.25, 0.3) is 0 Å². The van der Waals surface area contributed by atoms with Gasteiger partial charge in [0, 0.05) is 24.7 Å². The smallest absolute Gasteiger partial charge is 0.285 e. The van der Waals surface area contributed by atoms with Crippen molar-refractivity contribution >= 4 is 11.4 Å². The number of benzene rings is 1. The molecule has 0 spiro atoms. The molecule has 0 amide bonds. The lowest BCUT2D eigenvalue weighted by Gasteiger charge is -1.97. The lowest BCUT2D eigenvalue weighted by atomic mass is 10.1. The summed E-state index contributed by atoms with van der Waals surface area (Å²) in [7, 11) is 1.82. The fourth-order valence-electron chi connectivity index (χ4n) is 1.16. The Morgan fingerprint density at radius 1 is 1.56 bits per heavy atom. The van der Waals surface area contributed by atoms with E-state index in [1.165, 1.54) is 18.2 Å². The van der Waals surface area contributed by atoms with Gasteiger partial charge in [-0.1, -0.05) is 11.8 Å². The maximum atomic E-state index is 10.7. The fourth-order valence-corrected chi connectivity index (χ4v) is 1.16. The van der Waals surface area contributed by atoms with Crippen molar-refractivity contribution in [3.8, 4) is 11.8 Å². The largest absolute Gasteiger partial charge is 0.399 e. The van der Waals surface area contributed by atoms with Gasteiger partial charge in [0.15, 0.2) is 0 Å². The van der Waals surface area contributed by atoms with Crippen LogP contribution in [0.1, 0.15) is 12.0 Å². The Kier molecular flexibility index (Phi) is 4.30. The van der Waals surface area contributed by atoms with Gasteiger partial charge in [0.2, 0.25) is 0 Å². The van der Waals surface area contributed by atoms with Crippen molar-refractivity contribution in [1.82, 2.24) is 5.32 Å². The molecule has 1 rings (SSSR count). The summed E-state index contributed by atoms with van der Waals surface area (Å²) in [6.45, 7) is 0.753. The van der Waals surface area contributed by atoms with Crippen LogP contribution in [0.4, 0.5) is 11.4 Å². The summed E-state index contributed by atoms with van der Waals surface area (Å²) in [4.78, 5) is 10.2. The quantitative estimate of drug-likeness (QED) is 0.262. The number of hydrogen-bond donors (Lipinski definition) is 2. The Morgan fingerprint density at radius 3 is 2.94 bits per heavy atom. The molecule has 0 saturated carbocycles. The van der Waals surface area contributed by atoms with Gasteiger partial charge >= 0.3 is 0 Å². The first-order chi connectivity index (χ1) is 7.65. The van der Waals surface area contributed by atoms with Gasteiger partial charge in [-0.3, -0.25) is 10.1 Å². The molecule has 16 heavy (non-hydrogen) atoms. The molecular weight excluding hydrogens is 206 g/mol. The molecule has 1 aromatic rings. The zero-order valence-corrected chi connectivity index (χ0v) is 8.99. The zero-order chi connectivity index (χ0) is 12.0. The minimum atomic E-state index is -0.457. The topological polar surface area (TPSA) is 81.2 Å². The predicted octanol–water partition coefficient (Wildman–Crippen LogP) is 1.14. The van der Waals surface area contributed by atoms with Crippen LogP contribution in [0, 0.1) is 22.0 Å². The van der Waals surface area contributed by atoms with Gasteiger partial charge in [-0.2, -0.15) is 0 Å². The van der Waals surface area contributed by atoms with Crippen LogP contribution in [0.5, 0.6) is 0 Å². The summed E-state index contributed by atoms with van der Waals surface area (Å²) in [5, 5.41) is 13.6. The third-order valence-electron chi connectivity index (χ3n) is 1.94. The summed E-state index contributed by atoms with van der Waals surface area (Å²) in [6.07, 6.45) is 0.641. The van der Waals surface area contributed by atoms with Crippen LogP contribution in [-0.4, -0.2) is 18.5 Å². The van der Waals surface area contributed by atoms with E-state index in [0.29, 0.717) is 17.7 Å². The number of nitrogens with two attached hydrogens (primary N) is 1. The summed E-state index contributed by atoms with van der Waals surface area (Å²) < 4.78 is 0. The molecule has 0 bridgehead atoms. The molecular formula is C11H13N3O2. The molecule has 0 aliphatic heterocycles. The minimum absolute atomic E-state index is 0.00819. The average Bonchev–Trinajstić information content (AvgIpc) is 2.24. The first-order valence-corrected chi connectivity index (χ1v) is 4.82. The van der Waals surface area contributed by atoms with Crippen LogP contribution >= 0.6 is 0 Å². The highest BCUT2D eigenvalue weighted by atomic mass is 16.6. The number of anilines is 1. The second-order valence-corrected chi connectivity index (χ2v) is 3.19. The van der Waals surface area contributed by atoms with Gasteiger partial charge in [-0.05, 0) is 19.2 Å². The molecule has 0 aliphatic carbocycles. The molecule has 84 valence electrons. The number of hydrogen-bond acceptors (Lipinski definition) is 4. The van der Waals surface area contributed by atoms with E-state index in [9.17, 15) is 10.1 Å². The van der Waals surface area contributed by atoms with Crippen molar-refractivity contribution in [2.75, 3.05) is 19.3 Å². The highest BCUT2D eigenvalue weighted by molar-refractivity contribution is 5.58. The number of nitro benzene ring substituents is 1. The van der Waals surface area contributed by atoms with Gasteiger partial charge in [0.05, 0.1) is 4.92 Å². The third-order valence-corrected chi connectivity index (χ3v) is 1.94. The lowest BCUT2D eigenvalue weighted by molar-refractivity contribution is -0.385. The van der Waals surface area contributed by atoms with Crippen molar-refractivity contribution < 1.29 is 4.92 Å². The molecule has 5 nitrogen and oxygen atoms in total. The van der Waals surface area contributed by atoms with E-state index in [0.717, 1.165) is 6.54 Å². The van der Waals surface area contributed by atoms with Crippen molar-refractivity contribution in [3.63, 3.8) is 0 Å². The second-order valence-electron chi connectivity index (χ2n) is 3.19. The Bertz CT molecular complexity index is 446. The molecule has 0 unspecified atom stereocenters. The van der Waals surface area contributed by atoms with Gasteiger partial charge in [-0.15, -0.1) is 0 Å². The number of nitro groups is 1. The maximum Gasteiger partial charge on any atom is 0.285 e. The molecule has 3 N–H and O–H groups in total. The summed E-state index contributed by atoms with van der Waals surface area (Å²) >= 11 is 0. The number of nitrogens with one attached hydrogen (secondary N) is 1. The number of nitrogens with zero attached hydrogens (tertiary/aromatic N) is 1. The standard InChI is InChI=1S/C11H13N3O2/c1-13-7-3-2-4-9-8-10(12)5-6-11(9)14(15)16/h5-6,8,13H,3,7,12H2,1H3. The van der Waals surface area contributed by atoms with Gasteiger partial charge in [0.25, 0.3) is 5.69 Å². The minimum Gasteiger partial charge on any atom is -0.399 e. The highest BCUT2D eigenvalue weighted by Crippen LogP contribution is 2.19. The molecule has 0 aliphatic rings. The van der Waals surface area contributed by atoms with E-state index < -0.39 is 4.92 Å². The predicted molar refractivity (Wildman–Crippen MR) is 62.9 cm³/mol. The van der Waals surface area contributed by atoms with Crippen LogP contribution in [0.2, 0.25) is 0 Å². The van der Waals surface area contributed by atoms with Gasteiger partial charge in [-0.25, -0.2) is 0 Å². The summed E-state index contributed by atoms with van der Waals surface area (Å²) in [5.74, 6) is 5.61. The Hall–Kier alpha value is -2.06. The first kappa shape index (κ1) is 12.0. The van der Waals surface area contributed by atoms with Crippen LogP contribution in [-0.2, 0) is 0 Å². The van der Waals surface area contributed by atoms with Crippen LogP contribution < -0.4 is 11.1 Å². The molecule has 0 saturated heterocycles. The monoisotopic (exact) mass is 219 g/mol. The Balaban J connectivity index is 2.95. The van der Waals surface area contributed by atoms with Crippen molar-refractivity contribution in [2.24, 2.45) is 0 Å². The molecule has 0 aromatic heterocycles. The first-order valence-electron chi connectivity index (χ1n) is 4.82. The number of rotatable bonds is 3. The van der Waals surface area contributed by atoms with E-state index in [2.05, 4.69) is 17.2 Å². The summed E-state index contributed by atoms with van der Waals surface area (Å²) in [6, 6.07) is 4.39. The van der Waals surface area contributed by atoms with Crippen LogP contribution in [0.3, 0.4) is 0 Å². The SMILES string of the molecule is CNCCC#Cc1cc(N)ccc1[N+](=O)[O-]. The lowest BCUT2D eigenvalue weighted by Crippen LogP contribution is -2.05. The van der Waals surface area contributed by atoms with Crippen molar-refractivity contribution in [3.05, 3.63) is 33.9 Å². The molecule has 0 radical (unpaired) electrons. The molecule has 1 aromatic carbocycles. The molecule has 0 atom stereocenters. The van der Waals surface area contributed by atoms with Crippen molar-refractivity contribution in [1.29, 1.82) is 0 Å². The van der Waals surface area contributed by atoms with Crippen molar-refractivity contribution in [2.45, 2.75) is 6.42 Å². The van der Waals surface area contributed by atoms with E-state index >= 15 is 0 Å². The second kappa shape index (κ2) is 5.73. The van der Waals surface area contributed by atoms with E-state index in [1.54, 1.807) is 0 Å². The van der Waals surface area contributed by atoms with Crippen LogP contribution in [0.15, 0.2) is 18.2 Å². The van der Waals surface area contributed by atoms with E-state index in [1.807, 2.05) is 7.05 Å². The average molecular weight is 219 g/mol.